The average molecular weight is 402 g/mol. The summed E-state index contributed by atoms with van der Waals surface area (Å²) in [5, 5.41) is 21.6. The first kappa shape index (κ1) is 19.7. The van der Waals surface area contributed by atoms with E-state index in [9.17, 15) is 20.0 Å². The van der Waals surface area contributed by atoms with Crippen LogP contribution in [0.1, 0.15) is 38.2 Å². The maximum Gasteiger partial charge on any atom is 0.143 e. The minimum atomic E-state index is -1.23. The van der Waals surface area contributed by atoms with Crippen molar-refractivity contribution in [3.8, 4) is 6.07 Å². The number of ketones is 1. The highest BCUT2D eigenvalue weighted by molar-refractivity contribution is 8.03. The Labute approximate surface area is 167 Å². The number of carbonyl (C=O) groups excluding carboxylic acids is 2. The standard InChI is InChI=1S/C20H19ClN2O3S/c1-20(2)7-14-18(15(24)8-20)17(11-3-5-12(21)6-4-11)13(9-22)19(23-14)27-10-16(25)26/h3-6,17-18H,7-8,10H2,1-2H3,(H,25,26)/p-1/t17-,18?/m0/s1. The first-order valence-electron chi connectivity index (χ1n) is 8.54. The van der Waals surface area contributed by atoms with E-state index in [1.54, 1.807) is 24.3 Å². The summed E-state index contributed by atoms with van der Waals surface area (Å²) in [6, 6.07) is 9.23. The van der Waals surface area contributed by atoms with Crippen molar-refractivity contribution in [3.63, 3.8) is 0 Å². The summed E-state index contributed by atoms with van der Waals surface area (Å²) in [5.41, 5.74) is 1.62. The van der Waals surface area contributed by atoms with Gasteiger partial charge in [0.25, 0.3) is 0 Å². The van der Waals surface area contributed by atoms with Crippen LogP contribution < -0.4 is 5.11 Å². The quantitative estimate of drug-likeness (QED) is 0.772. The lowest BCUT2D eigenvalue weighted by Crippen LogP contribution is -2.43. The van der Waals surface area contributed by atoms with E-state index in [1.165, 1.54) is 0 Å². The minimum absolute atomic E-state index is 0.0571. The van der Waals surface area contributed by atoms with Crippen LogP contribution in [0.15, 0.2) is 39.9 Å². The number of Topliss-reactive ketones (excluding diaryl/α,β-unsaturated/α-hetero) is 1. The number of hydrogen-bond acceptors (Lipinski definition) is 6. The van der Waals surface area contributed by atoms with Crippen LogP contribution >= 0.6 is 23.4 Å². The molecule has 0 bridgehead atoms. The molecule has 1 aromatic rings. The van der Waals surface area contributed by atoms with E-state index in [-0.39, 0.29) is 17.0 Å². The summed E-state index contributed by atoms with van der Waals surface area (Å²) < 4.78 is 0. The molecule has 0 spiro atoms. The molecule has 1 unspecified atom stereocenters. The number of thioether (sulfide) groups is 1. The number of aliphatic carboxylic acids is 1. The highest BCUT2D eigenvalue weighted by atomic mass is 35.5. The first-order valence-corrected chi connectivity index (χ1v) is 9.91. The van der Waals surface area contributed by atoms with Crippen molar-refractivity contribution in [2.75, 3.05) is 5.75 Å². The molecular formula is C20H18ClN2O3S-. The molecule has 0 N–H and O–H groups in total. The van der Waals surface area contributed by atoms with E-state index < -0.39 is 17.8 Å². The molecule has 0 radical (unpaired) electrons. The van der Waals surface area contributed by atoms with E-state index in [0.717, 1.165) is 23.0 Å². The lowest BCUT2D eigenvalue weighted by molar-refractivity contribution is -0.301. The fraction of sp³-hybridized carbons (Fsp3) is 0.400. The van der Waals surface area contributed by atoms with Crippen LogP contribution in [0, 0.1) is 22.7 Å². The molecule has 0 amide bonds. The maximum absolute atomic E-state index is 13.0. The third kappa shape index (κ3) is 4.10. The van der Waals surface area contributed by atoms with Gasteiger partial charge < -0.3 is 9.90 Å². The second-order valence-electron chi connectivity index (χ2n) is 7.59. The SMILES string of the molecule is CC1(C)CC(=O)C2C(=NC(SCC(=O)[O-])=C(C#N)[C@@H]2c2ccc(Cl)cc2)C1. The van der Waals surface area contributed by atoms with E-state index in [2.05, 4.69) is 11.1 Å². The Balaban J connectivity index is 2.14. The van der Waals surface area contributed by atoms with E-state index >= 15 is 0 Å². The van der Waals surface area contributed by atoms with Crippen LogP contribution in [0.2, 0.25) is 5.02 Å². The van der Waals surface area contributed by atoms with Gasteiger partial charge in [0.1, 0.15) is 10.8 Å². The van der Waals surface area contributed by atoms with Gasteiger partial charge in [0.2, 0.25) is 0 Å². The summed E-state index contributed by atoms with van der Waals surface area (Å²) in [6.07, 6.45) is 1.04. The van der Waals surface area contributed by atoms with E-state index in [1.807, 2.05) is 13.8 Å². The van der Waals surface area contributed by atoms with Crippen molar-refractivity contribution in [2.45, 2.75) is 32.6 Å². The molecule has 7 heteroatoms. The Kier molecular flexibility index (Phi) is 5.45. The van der Waals surface area contributed by atoms with Gasteiger partial charge in [-0.05, 0) is 29.5 Å². The van der Waals surface area contributed by atoms with Crippen molar-refractivity contribution in [1.82, 2.24) is 0 Å². The van der Waals surface area contributed by atoms with Crippen molar-refractivity contribution >= 4 is 40.8 Å². The number of hydrogen-bond donors (Lipinski definition) is 0. The van der Waals surface area contributed by atoms with Crippen molar-refractivity contribution in [3.05, 3.63) is 45.5 Å². The number of nitrogens with zero attached hydrogens (tertiary/aromatic N) is 2. The molecule has 2 aliphatic rings. The average Bonchev–Trinajstić information content (AvgIpc) is 2.58. The van der Waals surface area contributed by atoms with Gasteiger partial charge in [0, 0.05) is 28.8 Å². The maximum atomic E-state index is 13.0. The molecule has 3 rings (SSSR count). The number of benzene rings is 1. The van der Waals surface area contributed by atoms with Gasteiger partial charge in [0.05, 0.1) is 23.5 Å². The molecule has 1 aliphatic carbocycles. The van der Waals surface area contributed by atoms with Gasteiger partial charge in [0.15, 0.2) is 0 Å². The highest BCUT2D eigenvalue weighted by Crippen LogP contribution is 2.48. The third-order valence-corrected chi connectivity index (χ3v) is 6.03. The van der Waals surface area contributed by atoms with Gasteiger partial charge in [-0.1, -0.05) is 49.3 Å². The molecule has 1 saturated carbocycles. The fourth-order valence-electron chi connectivity index (χ4n) is 3.79. The molecule has 1 fully saturated rings. The fourth-order valence-corrected chi connectivity index (χ4v) is 4.68. The first-order chi connectivity index (χ1) is 12.7. The van der Waals surface area contributed by atoms with Gasteiger partial charge in [-0.2, -0.15) is 5.26 Å². The number of halogens is 1. The summed E-state index contributed by atoms with van der Waals surface area (Å²) in [6.45, 7) is 4.02. The normalized spacial score (nSPS) is 24.1. The summed E-state index contributed by atoms with van der Waals surface area (Å²) in [7, 11) is 0. The van der Waals surface area contributed by atoms with E-state index in [4.69, 9.17) is 11.6 Å². The monoisotopic (exact) mass is 401 g/mol. The largest absolute Gasteiger partial charge is 0.549 e. The summed E-state index contributed by atoms with van der Waals surface area (Å²) in [4.78, 5) is 28.5. The van der Waals surface area contributed by atoms with Crippen molar-refractivity contribution < 1.29 is 14.7 Å². The third-order valence-electron chi connectivity index (χ3n) is 4.81. The molecule has 140 valence electrons. The Morgan fingerprint density at radius 2 is 2.00 bits per heavy atom. The predicted molar refractivity (Wildman–Crippen MR) is 103 cm³/mol. The lowest BCUT2D eigenvalue weighted by atomic mass is 9.64. The topological polar surface area (TPSA) is 93.3 Å². The molecule has 1 aromatic carbocycles. The molecule has 2 atom stereocenters. The predicted octanol–water partition coefficient (Wildman–Crippen LogP) is 3.10. The van der Waals surface area contributed by atoms with Crippen LogP contribution in [-0.2, 0) is 9.59 Å². The smallest absolute Gasteiger partial charge is 0.143 e. The molecule has 1 aliphatic heterocycles. The molecule has 1 heterocycles. The van der Waals surface area contributed by atoms with Gasteiger partial charge >= 0.3 is 0 Å². The molecule has 5 nitrogen and oxygen atoms in total. The van der Waals surface area contributed by atoms with Gasteiger partial charge in [-0.15, -0.1) is 0 Å². The zero-order chi connectivity index (χ0) is 19.8. The van der Waals surface area contributed by atoms with Crippen LogP contribution in [0.4, 0.5) is 0 Å². The number of aliphatic imine (C=N–C) groups is 1. The molecule has 0 saturated heterocycles. The van der Waals surface area contributed by atoms with Crippen LogP contribution in [0.25, 0.3) is 0 Å². The molecule has 0 aromatic heterocycles. The number of carboxylic acids is 1. The zero-order valence-corrected chi connectivity index (χ0v) is 16.6. The van der Waals surface area contributed by atoms with Crippen molar-refractivity contribution in [1.29, 1.82) is 5.26 Å². The number of fused-ring (bicyclic) bond motifs is 1. The minimum Gasteiger partial charge on any atom is -0.549 e. The molecular weight excluding hydrogens is 384 g/mol. The number of nitriles is 1. The van der Waals surface area contributed by atoms with Crippen LogP contribution in [0.3, 0.4) is 0 Å². The highest BCUT2D eigenvalue weighted by Gasteiger charge is 2.46. The number of rotatable bonds is 4. The number of carboxylic acid groups (broad SMARTS) is 1. The van der Waals surface area contributed by atoms with Gasteiger partial charge in [-0.25, -0.2) is 4.99 Å². The number of carbonyl (C=O) groups is 2. The van der Waals surface area contributed by atoms with Crippen molar-refractivity contribution in [2.24, 2.45) is 16.3 Å². The summed E-state index contributed by atoms with van der Waals surface area (Å²) >= 11 is 6.96. The molecule has 27 heavy (non-hydrogen) atoms. The van der Waals surface area contributed by atoms with Crippen LogP contribution in [0.5, 0.6) is 0 Å². The zero-order valence-electron chi connectivity index (χ0n) is 15.0. The Morgan fingerprint density at radius 1 is 1.33 bits per heavy atom. The second-order valence-corrected chi connectivity index (χ2v) is 8.99. The lowest BCUT2D eigenvalue weighted by Gasteiger charge is -2.40. The second kappa shape index (κ2) is 7.49. The Hall–Kier alpha value is -2.10. The Bertz CT molecular complexity index is 897. The summed E-state index contributed by atoms with van der Waals surface area (Å²) in [5.74, 6) is -2.45. The van der Waals surface area contributed by atoms with E-state index in [0.29, 0.717) is 28.5 Å². The number of allylic oxidation sites excluding steroid dienone is 1. The Morgan fingerprint density at radius 3 is 2.59 bits per heavy atom. The van der Waals surface area contributed by atoms with Gasteiger partial charge in [-0.3, -0.25) is 4.79 Å². The van der Waals surface area contributed by atoms with Crippen LogP contribution in [-0.4, -0.2) is 23.2 Å².